The summed E-state index contributed by atoms with van der Waals surface area (Å²) in [6.07, 6.45) is 6.41. The van der Waals surface area contributed by atoms with Crippen LogP contribution in [0.4, 0.5) is 0 Å². The molecule has 1 aliphatic carbocycles. The van der Waals surface area contributed by atoms with Gasteiger partial charge < -0.3 is 9.94 Å². The largest absolute Gasteiger partial charge is 0.376 e. The van der Waals surface area contributed by atoms with Crippen LogP contribution in [-0.2, 0) is 4.74 Å². The third kappa shape index (κ3) is 5.69. The Kier molecular flexibility index (Phi) is 6.41. The lowest BCUT2D eigenvalue weighted by Gasteiger charge is -2.31. The van der Waals surface area contributed by atoms with E-state index in [-0.39, 0.29) is 5.54 Å². The van der Waals surface area contributed by atoms with Crippen LogP contribution >= 0.6 is 15.9 Å². The van der Waals surface area contributed by atoms with E-state index in [1.165, 1.54) is 25.7 Å². The Morgan fingerprint density at radius 1 is 1.29 bits per heavy atom. The third-order valence-corrected chi connectivity index (χ3v) is 4.45. The first-order valence-corrected chi connectivity index (χ1v) is 7.53. The minimum Gasteiger partial charge on any atom is -0.376 e. The van der Waals surface area contributed by atoms with Crippen molar-refractivity contribution >= 4 is 15.9 Å². The minimum atomic E-state index is -0.365. The van der Waals surface area contributed by atoms with Crippen molar-refractivity contribution in [2.24, 2.45) is 5.92 Å². The van der Waals surface area contributed by atoms with E-state index in [0.717, 1.165) is 6.42 Å². The Morgan fingerprint density at radius 3 is 2.65 bits per heavy atom. The SMILES string of the molecule is CC1CCCC(Br)CCC1OCC(C)(C)NO. The van der Waals surface area contributed by atoms with Crippen LogP contribution in [0.25, 0.3) is 0 Å². The fourth-order valence-electron chi connectivity index (χ4n) is 2.22. The van der Waals surface area contributed by atoms with Crippen molar-refractivity contribution < 1.29 is 9.94 Å². The summed E-state index contributed by atoms with van der Waals surface area (Å²) in [5, 5.41) is 8.99. The molecule has 102 valence electrons. The topological polar surface area (TPSA) is 41.5 Å². The number of halogens is 1. The van der Waals surface area contributed by atoms with Crippen molar-refractivity contribution in [3.8, 4) is 0 Å². The second-order valence-corrected chi connectivity index (χ2v) is 7.22. The maximum atomic E-state index is 8.99. The van der Waals surface area contributed by atoms with Gasteiger partial charge in [-0.1, -0.05) is 29.3 Å². The first-order chi connectivity index (χ1) is 7.94. The van der Waals surface area contributed by atoms with Crippen molar-refractivity contribution in [3.63, 3.8) is 0 Å². The highest BCUT2D eigenvalue weighted by Gasteiger charge is 2.25. The zero-order chi connectivity index (χ0) is 12.9. The van der Waals surface area contributed by atoms with Crippen LogP contribution in [0.5, 0.6) is 0 Å². The molecule has 2 N–H and O–H groups in total. The van der Waals surface area contributed by atoms with Crippen molar-refractivity contribution in [3.05, 3.63) is 0 Å². The summed E-state index contributed by atoms with van der Waals surface area (Å²) < 4.78 is 5.99. The van der Waals surface area contributed by atoms with Gasteiger partial charge in [-0.25, -0.2) is 0 Å². The van der Waals surface area contributed by atoms with Gasteiger partial charge in [-0.3, -0.25) is 0 Å². The minimum absolute atomic E-state index is 0.322. The molecular formula is C13H26BrNO2. The van der Waals surface area contributed by atoms with Crippen LogP contribution < -0.4 is 5.48 Å². The summed E-state index contributed by atoms with van der Waals surface area (Å²) in [5.74, 6) is 0.615. The number of nitrogens with one attached hydrogen (secondary N) is 1. The standard InChI is InChI=1S/C13H26BrNO2/c1-10-5-4-6-11(14)7-8-12(10)17-9-13(2,3)15-16/h10-12,15-16H,4-9H2,1-3H3. The van der Waals surface area contributed by atoms with E-state index < -0.39 is 0 Å². The van der Waals surface area contributed by atoms with Gasteiger partial charge in [-0.2, -0.15) is 5.48 Å². The second-order valence-electron chi connectivity index (χ2n) is 5.93. The number of alkyl halides is 1. The average molecular weight is 308 g/mol. The van der Waals surface area contributed by atoms with Crippen molar-refractivity contribution in [1.82, 2.24) is 5.48 Å². The number of rotatable bonds is 4. The number of hydrogen-bond donors (Lipinski definition) is 2. The van der Waals surface area contributed by atoms with Crippen LogP contribution in [0.1, 0.15) is 52.9 Å². The van der Waals surface area contributed by atoms with Crippen molar-refractivity contribution in [2.75, 3.05) is 6.61 Å². The Labute approximate surface area is 113 Å². The molecule has 0 bridgehead atoms. The molecular weight excluding hydrogens is 282 g/mol. The van der Waals surface area contributed by atoms with Gasteiger partial charge >= 0.3 is 0 Å². The van der Waals surface area contributed by atoms with Crippen LogP contribution in [0.15, 0.2) is 0 Å². The van der Waals surface area contributed by atoms with Crippen molar-refractivity contribution in [2.45, 2.75) is 69.3 Å². The van der Waals surface area contributed by atoms with Gasteiger partial charge in [-0.15, -0.1) is 0 Å². The molecule has 1 rings (SSSR count). The van der Waals surface area contributed by atoms with Gasteiger partial charge in [0.2, 0.25) is 0 Å². The Hall–Kier alpha value is 0.360. The van der Waals surface area contributed by atoms with Gasteiger partial charge in [0.15, 0.2) is 0 Å². The maximum absolute atomic E-state index is 8.99. The molecule has 0 saturated heterocycles. The lowest BCUT2D eigenvalue weighted by molar-refractivity contribution is -0.0491. The average Bonchev–Trinajstić information content (AvgIpc) is 2.27. The van der Waals surface area contributed by atoms with Crippen LogP contribution in [0.3, 0.4) is 0 Å². The molecule has 0 heterocycles. The molecule has 0 amide bonds. The number of hydroxylamine groups is 1. The zero-order valence-electron chi connectivity index (χ0n) is 11.2. The Morgan fingerprint density at radius 2 is 2.00 bits per heavy atom. The Bertz CT molecular complexity index is 223. The monoisotopic (exact) mass is 307 g/mol. The van der Waals surface area contributed by atoms with Gasteiger partial charge in [0.05, 0.1) is 18.2 Å². The molecule has 0 radical (unpaired) electrons. The molecule has 17 heavy (non-hydrogen) atoms. The highest BCUT2D eigenvalue weighted by atomic mass is 79.9. The first kappa shape index (κ1) is 15.4. The van der Waals surface area contributed by atoms with Gasteiger partial charge in [-0.05, 0) is 45.4 Å². The van der Waals surface area contributed by atoms with Gasteiger partial charge in [0, 0.05) is 4.83 Å². The molecule has 3 unspecified atom stereocenters. The van der Waals surface area contributed by atoms with E-state index in [1.54, 1.807) is 0 Å². The predicted octanol–water partition coefficient (Wildman–Crippen LogP) is 3.49. The predicted molar refractivity (Wildman–Crippen MR) is 73.7 cm³/mol. The molecule has 1 saturated carbocycles. The number of hydrogen-bond acceptors (Lipinski definition) is 3. The van der Waals surface area contributed by atoms with Gasteiger partial charge in [0.25, 0.3) is 0 Å². The van der Waals surface area contributed by atoms with E-state index >= 15 is 0 Å². The second kappa shape index (κ2) is 7.07. The molecule has 1 fully saturated rings. The molecule has 4 heteroatoms. The zero-order valence-corrected chi connectivity index (χ0v) is 12.8. The third-order valence-electron chi connectivity index (χ3n) is 3.54. The molecule has 0 aliphatic heterocycles. The first-order valence-electron chi connectivity index (χ1n) is 6.61. The maximum Gasteiger partial charge on any atom is 0.0669 e. The molecule has 3 atom stereocenters. The highest BCUT2D eigenvalue weighted by molar-refractivity contribution is 9.09. The van der Waals surface area contributed by atoms with E-state index in [2.05, 4.69) is 28.3 Å². The van der Waals surface area contributed by atoms with Crippen LogP contribution in [0, 0.1) is 5.92 Å². The Balaban J connectivity index is 2.43. The molecule has 0 spiro atoms. The summed E-state index contributed by atoms with van der Waals surface area (Å²) in [5.41, 5.74) is 1.93. The summed E-state index contributed by atoms with van der Waals surface area (Å²) >= 11 is 3.72. The van der Waals surface area contributed by atoms with Gasteiger partial charge in [0.1, 0.15) is 0 Å². The molecule has 0 aromatic heterocycles. The fourth-order valence-corrected chi connectivity index (χ4v) is 2.80. The lowest BCUT2D eigenvalue weighted by Crippen LogP contribution is -2.43. The smallest absolute Gasteiger partial charge is 0.0669 e. The number of ether oxygens (including phenoxy) is 1. The molecule has 0 aromatic carbocycles. The quantitative estimate of drug-likeness (QED) is 0.617. The van der Waals surface area contributed by atoms with E-state index in [4.69, 9.17) is 9.94 Å². The van der Waals surface area contributed by atoms with E-state index in [0.29, 0.717) is 23.5 Å². The fraction of sp³-hybridized carbons (Fsp3) is 1.00. The summed E-state index contributed by atoms with van der Waals surface area (Å²) in [6.45, 7) is 6.70. The lowest BCUT2D eigenvalue weighted by atomic mass is 9.90. The van der Waals surface area contributed by atoms with Crippen molar-refractivity contribution in [1.29, 1.82) is 0 Å². The normalized spacial score (nSPS) is 31.9. The summed E-state index contributed by atoms with van der Waals surface area (Å²) in [6, 6.07) is 0. The highest BCUT2D eigenvalue weighted by Crippen LogP contribution is 2.28. The molecule has 3 nitrogen and oxygen atoms in total. The molecule has 0 aromatic rings. The summed E-state index contributed by atoms with van der Waals surface area (Å²) in [4.78, 5) is 0.644. The molecule has 1 aliphatic rings. The summed E-state index contributed by atoms with van der Waals surface area (Å²) in [7, 11) is 0. The van der Waals surface area contributed by atoms with Crippen LogP contribution in [0.2, 0.25) is 0 Å². The van der Waals surface area contributed by atoms with Crippen LogP contribution in [-0.4, -0.2) is 28.3 Å². The van der Waals surface area contributed by atoms with E-state index in [1.807, 2.05) is 13.8 Å². The van der Waals surface area contributed by atoms with E-state index in [9.17, 15) is 0 Å².